The van der Waals surface area contributed by atoms with Crippen molar-refractivity contribution in [3.63, 3.8) is 0 Å². The molecule has 0 aliphatic rings. The summed E-state index contributed by atoms with van der Waals surface area (Å²) in [6.07, 6.45) is 0.953. The van der Waals surface area contributed by atoms with Gasteiger partial charge in [0.1, 0.15) is 17.9 Å². The molecule has 9 heteroatoms. The van der Waals surface area contributed by atoms with Gasteiger partial charge < -0.3 is 21.4 Å². The highest BCUT2D eigenvalue weighted by molar-refractivity contribution is 6.26. The van der Waals surface area contributed by atoms with E-state index in [9.17, 15) is 23.6 Å². The number of nitrogens with one attached hydrogen (secondary N) is 4. The summed E-state index contributed by atoms with van der Waals surface area (Å²) < 4.78 is 13.1. The Morgan fingerprint density at radius 1 is 0.971 bits per heavy atom. The molecule has 3 amide bonds. The van der Waals surface area contributed by atoms with Crippen molar-refractivity contribution >= 4 is 29.7 Å². The van der Waals surface area contributed by atoms with Crippen LogP contribution in [0.3, 0.4) is 0 Å². The molecule has 35 heavy (non-hydrogen) atoms. The van der Waals surface area contributed by atoms with E-state index in [2.05, 4.69) is 16.0 Å². The Bertz CT molecular complexity index is 1060. The molecule has 0 aliphatic carbocycles. The van der Waals surface area contributed by atoms with Gasteiger partial charge in [0.15, 0.2) is 5.78 Å². The SMILES string of the molecule is CCC(=O)N[C@@H](Cc1ccccc1C)C(=O)N[C@@H](CCC(=O)C=N)C(=O)NCc1ccc(F)cc1. The summed E-state index contributed by atoms with van der Waals surface area (Å²) in [6.45, 7) is 3.68. The monoisotopic (exact) mass is 482 g/mol. The fourth-order valence-electron chi connectivity index (χ4n) is 3.38. The lowest BCUT2D eigenvalue weighted by Gasteiger charge is -2.23. The Morgan fingerprint density at radius 3 is 2.29 bits per heavy atom. The maximum atomic E-state index is 13.2. The number of carbonyl (C=O) groups excluding carboxylic acids is 4. The normalized spacial score (nSPS) is 12.2. The maximum Gasteiger partial charge on any atom is 0.243 e. The lowest BCUT2D eigenvalue weighted by Crippen LogP contribution is -2.54. The summed E-state index contributed by atoms with van der Waals surface area (Å²) in [7, 11) is 0. The third kappa shape index (κ3) is 9.11. The number of hydrogen-bond acceptors (Lipinski definition) is 5. The highest BCUT2D eigenvalue weighted by Gasteiger charge is 2.27. The minimum absolute atomic E-state index is 0.0198. The summed E-state index contributed by atoms with van der Waals surface area (Å²) in [4.78, 5) is 49.8. The van der Waals surface area contributed by atoms with Crippen molar-refractivity contribution < 1.29 is 23.6 Å². The number of Topliss-reactive ketones (excluding diaryl/α,β-unsaturated/α-hetero) is 1. The molecule has 0 aromatic heterocycles. The first-order chi connectivity index (χ1) is 16.7. The fourth-order valence-corrected chi connectivity index (χ4v) is 3.38. The van der Waals surface area contributed by atoms with Crippen molar-refractivity contribution in [2.75, 3.05) is 0 Å². The van der Waals surface area contributed by atoms with E-state index < -0.39 is 35.5 Å². The molecule has 186 valence electrons. The van der Waals surface area contributed by atoms with Crippen LogP contribution in [0.25, 0.3) is 0 Å². The third-order valence-corrected chi connectivity index (χ3v) is 5.51. The highest BCUT2D eigenvalue weighted by atomic mass is 19.1. The largest absolute Gasteiger partial charge is 0.350 e. The van der Waals surface area contributed by atoms with Crippen molar-refractivity contribution in [3.8, 4) is 0 Å². The molecule has 2 aromatic rings. The molecule has 0 radical (unpaired) electrons. The predicted molar refractivity (Wildman–Crippen MR) is 130 cm³/mol. The number of carbonyl (C=O) groups is 4. The van der Waals surface area contributed by atoms with Gasteiger partial charge in [-0.15, -0.1) is 0 Å². The zero-order chi connectivity index (χ0) is 25.8. The van der Waals surface area contributed by atoms with Gasteiger partial charge in [-0.25, -0.2) is 4.39 Å². The van der Waals surface area contributed by atoms with Crippen LogP contribution in [0.5, 0.6) is 0 Å². The van der Waals surface area contributed by atoms with Crippen molar-refractivity contribution in [1.29, 1.82) is 5.41 Å². The van der Waals surface area contributed by atoms with Crippen LogP contribution in [-0.4, -0.2) is 41.8 Å². The van der Waals surface area contributed by atoms with E-state index in [4.69, 9.17) is 5.41 Å². The van der Waals surface area contributed by atoms with E-state index in [1.54, 1.807) is 6.92 Å². The van der Waals surface area contributed by atoms with Crippen LogP contribution in [-0.2, 0) is 32.1 Å². The molecule has 2 rings (SSSR count). The second-order valence-electron chi connectivity index (χ2n) is 8.16. The van der Waals surface area contributed by atoms with Gasteiger partial charge in [-0.2, -0.15) is 0 Å². The molecule has 0 heterocycles. The number of aryl methyl sites for hydroxylation is 1. The first-order valence-corrected chi connectivity index (χ1v) is 11.4. The van der Waals surface area contributed by atoms with Crippen molar-refractivity contribution in [2.45, 2.75) is 58.2 Å². The van der Waals surface area contributed by atoms with E-state index in [0.717, 1.165) is 11.1 Å². The molecular formula is C26H31FN4O4. The van der Waals surface area contributed by atoms with Crippen molar-refractivity contribution in [3.05, 3.63) is 71.0 Å². The van der Waals surface area contributed by atoms with Gasteiger partial charge in [-0.1, -0.05) is 43.3 Å². The van der Waals surface area contributed by atoms with Crippen LogP contribution in [0, 0.1) is 18.2 Å². The first-order valence-electron chi connectivity index (χ1n) is 11.4. The Morgan fingerprint density at radius 2 is 1.66 bits per heavy atom. The molecule has 0 aliphatic heterocycles. The van der Waals surface area contributed by atoms with Crippen LogP contribution in [0.1, 0.15) is 42.9 Å². The summed E-state index contributed by atoms with van der Waals surface area (Å²) in [5, 5.41) is 15.1. The number of rotatable bonds is 13. The van der Waals surface area contributed by atoms with E-state index in [-0.39, 0.29) is 38.1 Å². The molecule has 8 nitrogen and oxygen atoms in total. The molecule has 0 fully saturated rings. The number of ketones is 1. The quantitative estimate of drug-likeness (QED) is 0.327. The zero-order valence-corrected chi connectivity index (χ0v) is 19.9. The minimum atomic E-state index is -1.07. The van der Waals surface area contributed by atoms with Gasteiger partial charge in [0, 0.05) is 25.8 Å². The van der Waals surface area contributed by atoms with Crippen LogP contribution in [0.2, 0.25) is 0 Å². The van der Waals surface area contributed by atoms with Gasteiger partial charge in [0.25, 0.3) is 0 Å². The van der Waals surface area contributed by atoms with E-state index in [1.165, 1.54) is 24.3 Å². The standard InChI is InChI=1S/C26H31FN4O4/c1-3-24(33)30-23(14-19-7-5-4-6-17(19)2)26(35)31-22(13-12-21(32)15-28)25(34)29-16-18-8-10-20(27)11-9-18/h4-11,15,22-23,28H,3,12-14,16H2,1-2H3,(H,29,34)(H,30,33)(H,31,35)/t22-,23-/m0/s1. The van der Waals surface area contributed by atoms with E-state index in [0.29, 0.717) is 11.8 Å². The fraction of sp³-hybridized carbons (Fsp3) is 0.346. The topological polar surface area (TPSA) is 128 Å². The van der Waals surface area contributed by atoms with Crippen LogP contribution in [0.4, 0.5) is 4.39 Å². The third-order valence-electron chi connectivity index (χ3n) is 5.51. The van der Waals surface area contributed by atoms with Crippen LogP contribution >= 0.6 is 0 Å². The Labute approximate surface area is 204 Å². The lowest BCUT2D eigenvalue weighted by atomic mass is 9.99. The molecule has 4 N–H and O–H groups in total. The minimum Gasteiger partial charge on any atom is -0.350 e. The van der Waals surface area contributed by atoms with Gasteiger partial charge in [0.05, 0.1) is 6.21 Å². The van der Waals surface area contributed by atoms with Crippen LogP contribution < -0.4 is 16.0 Å². The summed E-state index contributed by atoms with van der Waals surface area (Å²) in [6, 6.07) is 11.1. The second kappa shape index (κ2) is 13.7. The molecule has 2 aromatic carbocycles. The van der Waals surface area contributed by atoms with Gasteiger partial charge in [-0.05, 0) is 42.2 Å². The molecule has 0 spiro atoms. The molecule has 0 saturated carbocycles. The van der Waals surface area contributed by atoms with Crippen molar-refractivity contribution in [2.24, 2.45) is 0 Å². The molecule has 2 atom stereocenters. The average molecular weight is 483 g/mol. The van der Waals surface area contributed by atoms with E-state index in [1.807, 2.05) is 31.2 Å². The average Bonchev–Trinajstić information content (AvgIpc) is 2.86. The molecular weight excluding hydrogens is 451 g/mol. The van der Waals surface area contributed by atoms with Gasteiger partial charge >= 0.3 is 0 Å². The number of amides is 3. The molecule has 0 saturated heterocycles. The Balaban J connectivity index is 2.16. The predicted octanol–water partition coefficient (Wildman–Crippen LogP) is 2.37. The Hall–Kier alpha value is -3.88. The highest BCUT2D eigenvalue weighted by Crippen LogP contribution is 2.11. The maximum absolute atomic E-state index is 13.2. The molecule has 0 unspecified atom stereocenters. The van der Waals surface area contributed by atoms with Gasteiger partial charge in [0.2, 0.25) is 17.7 Å². The number of benzene rings is 2. The zero-order valence-electron chi connectivity index (χ0n) is 19.9. The smallest absolute Gasteiger partial charge is 0.243 e. The lowest BCUT2D eigenvalue weighted by molar-refractivity contribution is -0.132. The molecule has 0 bridgehead atoms. The summed E-state index contributed by atoms with van der Waals surface area (Å²) in [5.41, 5.74) is 2.49. The van der Waals surface area contributed by atoms with Gasteiger partial charge in [-0.3, -0.25) is 19.2 Å². The number of hydrogen-bond donors (Lipinski definition) is 4. The second-order valence-corrected chi connectivity index (χ2v) is 8.16. The van der Waals surface area contributed by atoms with Crippen LogP contribution in [0.15, 0.2) is 48.5 Å². The summed E-state index contributed by atoms with van der Waals surface area (Å²) >= 11 is 0. The van der Waals surface area contributed by atoms with E-state index >= 15 is 0 Å². The first kappa shape index (κ1) is 27.4. The Kier molecular flexibility index (Phi) is 10.7. The number of halogens is 1. The van der Waals surface area contributed by atoms with Crippen molar-refractivity contribution in [1.82, 2.24) is 16.0 Å². The summed E-state index contributed by atoms with van der Waals surface area (Å²) in [5.74, 6) is -2.28.